The first-order valence-corrected chi connectivity index (χ1v) is 7.36. The fourth-order valence-corrected chi connectivity index (χ4v) is 2.84. The molecule has 0 radical (unpaired) electrons. The number of hydrogen-bond acceptors (Lipinski definition) is 4. The molecular weight excluding hydrogens is 293 g/mol. The summed E-state index contributed by atoms with van der Waals surface area (Å²) in [5.41, 5.74) is 0.922. The minimum absolute atomic E-state index is 0.0305. The minimum atomic E-state index is -0.821. The standard InChI is InChI=1S/C15H17ClFN3O/c1-8(7-21)11-4-19-15(20-6-13(17)9(20)2)12-5-18-14(16)3-10(11)12/h3-5,8-9,13,21H,6-7H2,1-2H3/t8?,9-,13-/m1/s1. The van der Waals surface area contributed by atoms with E-state index in [1.807, 2.05) is 18.7 Å². The van der Waals surface area contributed by atoms with Crippen molar-refractivity contribution in [1.82, 2.24) is 9.97 Å². The maximum absolute atomic E-state index is 13.4. The average molecular weight is 310 g/mol. The van der Waals surface area contributed by atoms with Gasteiger partial charge in [-0.3, -0.25) is 0 Å². The van der Waals surface area contributed by atoms with Crippen molar-refractivity contribution in [3.05, 3.63) is 29.2 Å². The first kappa shape index (κ1) is 14.5. The first-order chi connectivity index (χ1) is 10.0. The molecule has 6 heteroatoms. The molecule has 0 spiro atoms. The van der Waals surface area contributed by atoms with Crippen LogP contribution in [0, 0.1) is 0 Å². The van der Waals surface area contributed by atoms with Crippen molar-refractivity contribution in [3.8, 4) is 0 Å². The number of rotatable bonds is 3. The summed E-state index contributed by atoms with van der Waals surface area (Å²) in [5.74, 6) is 0.680. The molecule has 21 heavy (non-hydrogen) atoms. The Morgan fingerprint density at radius 1 is 1.43 bits per heavy atom. The van der Waals surface area contributed by atoms with Crippen LogP contribution in [0.5, 0.6) is 0 Å². The summed E-state index contributed by atoms with van der Waals surface area (Å²) in [5, 5.41) is 11.5. The van der Waals surface area contributed by atoms with Gasteiger partial charge in [-0.05, 0) is 23.9 Å². The third kappa shape index (κ3) is 2.34. The van der Waals surface area contributed by atoms with Crippen LogP contribution in [0.25, 0.3) is 10.8 Å². The Hall–Kier alpha value is -1.46. The third-order valence-corrected chi connectivity index (χ3v) is 4.42. The Kier molecular flexibility index (Phi) is 3.71. The largest absolute Gasteiger partial charge is 0.396 e. The van der Waals surface area contributed by atoms with E-state index in [1.54, 1.807) is 18.5 Å². The van der Waals surface area contributed by atoms with Gasteiger partial charge in [-0.15, -0.1) is 0 Å². The quantitative estimate of drug-likeness (QED) is 0.886. The second-order valence-electron chi connectivity index (χ2n) is 5.58. The molecule has 1 N–H and O–H groups in total. The summed E-state index contributed by atoms with van der Waals surface area (Å²) in [6, 6.07) is 1.60. The molecule has 112 valence electrons. The SMILES string of the molecule is CC(CO)c1cnc(N2C[C@@H](F)[C@H]2C)c2cnc(Cl)cc12. The number of aliphatic hydroxyl groups excluding tert-OH is 1. The molecule has 1 saturated heterocycles. The molecule has 4 nitrogen and oxygen atoms in total. The molecule has 1 aliphatic heterocycles. The molecule has 0 bridgehead atoms. The lowest BCUT2D eigenvalue weighted by atomic mass is 9.96. The number of anilines is 1. The van der Waals surface area contributed by atoms with Gasteiger partial charge < -0.3 is 10.0 Å². The monoisotopic (exact) mass is 309 g/mol. The number of fused-ring (bicyclic) bond motifs is 1. The van der Waals surface area contributed by atoms with Gasteiger partial charge in [0, 0.05) is 30.3 Å². The van der Waals surface area contributed by atoms with Crippen molar-refractivity contribution in [2.45, 2.75) is 32.0 Å². The van der Waals surface area contributed by atoms with E-state index >= 15 is 0 Å². The summed E-state index contributed by atoms with van der Waals surface area (Å²) >= 11 is 6.00. The smallest absolute Gasteiger partial charge is 0.138 e. The van der Waals surface area contributed by atoms with E-state index in [-0.39, 0.29) is 18.6 Å². The van der Waals surface area contributed by atoms with Crippen molar-refractivity contribution in [2.75, 3.05) is 18.1 Å². The molecule has 0 saturated carbocycles. The van der Waals surface area contributed by atoms with Crippen molar-refractivity contribution < 1.29 is 9.50 Å². The molecule has 1 aliphatic rings. The van der Waals surface area contributed by atoms with Crippen molar-refractivity contribution in [1.29, 1.82) is 0 Å². The Bertz CT molecular complexity index is 681. The topological polar surface area (TPSA) is 49.3 Å². The predicted octanol–water partition coefficient (Wildman–Crippen LogP) is 2.93. The van der Waals surface area contributed by atoms with Crippen molar-refractivity contribution >= 4 is 28.2 Å². The third-order valence-electron chi connectivity index (χ3n) is 4.21. The van der Waals surface area contributed by atoms with Crippen LogP contribution in [0.3, 0.4) is 0 Å². The summed E-state index contributed by atoms with van der Waals surface area (Å²) in [4.78, 5) is 10.5. The highest BCUT2D eigenvalue weighted by Gasteiger charge is 2.37. The van der Waals surface area contributed by atoms with Gasteiger partial charge in [0.1, 0.15) is 17.1 Å². The normalized spacial score (nSPS) is 23.2. The van der Waals surface area contributed by atoms with Crippen LogP contribution in [0.15, 0.2) is 18.5 Å². The molecule has 0 aliphatic carbocycles. The second kappa shape index (κ2) is 5.39. The molecule has 0 amide bonds. The van der Waals surface area contributed by atoms with Gasteiger partial charge in [-0.1, -0.05) is 18.5 Å². The van der Waals surface area contributed by atoms with E-state index in [1.165, 1.54) is 0 Å². The van der Waals surface area contributed by atoms with Crippen LogP contribution in [0.4, 0.5) is 10.2 Å². The minimum Gasteiger partial charge on any atom is -0.396 e. The fraction of sp³-hybridized carbons (Fsp3) is 0.467. The van der Waals surface area contributed by atoms with Gasteiger partial charge in [0.2, 0.25) is 0 Å². The average Bonchev–Trinajstić information content (AvgIpc) is 2.50. The lowest BCUT2D eigenvalue weighted by Gasteiger charge is -2.43. The van der Waals surface area contributed by atoms with E-state index in [2.05, 4.69) is 9.97 Å². The van der Waals surface area contributed by atoms with Gasteiger partial charge in [-0.2, -0.15) is 0 Å². The number of alkyl halides is 1. The number of aliphatic hydroxyl groups is 1. The van der Waals surface area contributed by atoms with Crippen LogP contribution in [-0.4, -0.2) is 40.4 Å². The lowest BCUT2D eigenvalue weighted by Crippen LogP contribution is -2.57. The Balaban J connectivity index is 2.16. The van der Waals surface area contributed by atoms with Gasteiger partial charge in [0.05, 0.1) is 12.6 Å². The van der Waals surface area contributed by atoms with Crippen LogP contribution < -0.4 is 4.90 Å². The van der Waals surface area contributed by atoms with E-state index in [0.717, 1.165) is 22.2 Å². The van der Waals surface area contributed by atoms with E-state index in [0.29, 0.717) is 11.7 Å². The highest BCUT2D eigenvalue weighted by atomic mass is 35.5. The highest BCUT2D eigenvalue weighted by Crippen LogP contribution is 2.36. The number of pyridine rings is 2. The zero-order chi connectivity index (χ0) is 15.1. The van der Waals surface area contributed by atoms with Crippen LogP contribution >= 0.6 is 11.6 Å². The summed E-state index contributed by atoms with van der Waals surface area (Å²) in [7, 11) is 0. The lowest BCUT2D eigenvalue weighted by molar-refractivity contribution is 0.212. The molecule has 3 rings (SSSR count). The number of nitrogens with zero attached hydrogens (tertiary/aromatic N) is 3. The molecule has 1 fully saturated rings. The fourth-order valence-electron chi connectivity index (χ4n) is 2.68. The second-order valence-corrected chi connectivity index (χ2v) is 5.97. The van der Waals surface area contributed by atoms with Crippen molar-refractivity contribution in [3.63, 3.8) is 0 Å². The Morgan fingerprint density at radius 3 is 2.81 bits per heavy atom. The number of aromatic nitrogens is 2. The number of hydrogen-bond donors (Lipinski definition) is 1. The Morgan fingerprint density at radius 2 is 2.19 bits per heavy atom. The summed E-state index contributed by atoms with van der Waals surface area (Å²) in [6.45, 7) is 4.15. The number of halogens is 2. The van der Waals surface area contributed by atoms with E-state index in [4.69, 9.17) is 11.6 Å². The van der Waals surface area contributed by atoms with Crippen LogP contribution in [0.2, 0.25) is 5.15 Å². The summed E-state index contributed by atoms with van der Waals surface area (Å²) in [6.07, 6.45) is 2.59. The molecule has 3 atom stereocenters. The van der Waals surface area contributed by atoms with Gasteiger partial charge >= 0.3 is 0 Å². The van der Waals surface area contributed by atoms with Gasteiger partial charge in [0.15, 0.2) is 0 Å². The molecule has 1 unspecified atom stereocenters. The first-order valence-electron chi connectivity index (χ1n) is 6.98. The molecule has 2 aromatic heterocycles. The zero-order valence-electron chi connectivity index (χ0n) is 11.9. The highest BCUT2D eigenvalue weighted by molar-refractivity contribution is 6.30. The predicted molar refractivity (Wildman–Crippen MR) is 81.8 cm³/mol. The molecule has 0 aromatic carbocycles. The van der Waals surface area contributed by atoms with Crippen LogP contribution in [-0.2, 0) is 0 Å². The van der Waals surface area contributed by atoms with Gasteiger partial charge in [0.25, 0.3) is 0 Å². The maximum Gasteiger partial charge on any atom is 0.138 e. The zero-order valence-corrected chi connectivity index (χ0v) is 12.7. The maximum atomic E-state index is 13.4. The summed E-state index contributed by atoms with van der Waals surface area (Å²) < 4.78 is 13.4. The van der Waals surface area contributed by atoms with E-state index in [9.17, 15) is 9.50 Å². The molecule has 3 heterocycles. The van der Waals surface area contributed by atoms with Gasteiger partial charge in [-0.25, -0.2) is 14.4 Å². The Labute approximate surface area is 127 Å². The van der Waals surface area contributed by atoms with Crippen LogP contribution in [0.1, 0.15) is 25.3 Å². The van der Waals surface area contributed by atoms with E-state index < -0.39 is 6.17 Å². The molecule has 2 aromatic rings. The van der Waals surface area contributed by atoms with Crippen molar-refractivity contribution in [2.24, 2.45) is 0 Å². The molecular formula is C15H17ClFN3O.